The highest BCUT2D eigenvalue weighted by molar-refractivity contribution is 5.73. The molecule has 25 heavy (non-hydrogen) atoms. The van der Waals surface area contributed by atoms with E-state index in [0.717, 1.165) is 25.3 Å². The third kappa shape index (κ3) is 4.79. The summed E-state index contributed by atoms with van der Waals surface area (Å²) in [7, 11) is 0. The van der Waals surface area contributed by atoms with Crippen molar-refractivity contribution in [1.29, 1.82) is 0 Å². The van der Waals surface area contributed by atoms with E-state index < -0.39 is 0 Å². The Morgan fingerprint density at radius 3 is 3.00 bits per heavy atom. The highest BCUT2D eigenvalue weighted by atomic mass is 16.5. The number of urea groups is 1. The monoisotopic (exact) mass is 349 g/mol. The van der Waals surface area contributed by atoms with Crippen LogP contribution < -0.4 is 16.2 Å². The number of carbonyl (C=O) groups excluding carboxylic acids is 1. The molecular weight excluding hydrogens is 322 g/mol. The Morgan fingerprint density at radius 2 is 2.24 bits per heavy atom. The molecule has 3 N–H and O–H groups in total. The minimum Gasteiger partial charge on any atom is -0.376 e. The van der Waals surface area contributed by atoms with Gasteiger partial charge in [-0.3, -0.25) is 4.79 Å². The van der Waals surface area contributed by atoms with Gasteiger partial charge in [0.2, 0.25) is 0 Å². The van der Waals surface area contributed by atoms with Gasteiger partial charge in [-0.05, 0) is 18.4 Å². The molecule has 1 aromatic rings. The first kappa shape index (κ1) is 17.9. The summed E-state index contributed by atoms with van der Waals surface area (Å²) in [5.74, 6) is 0.474. The van der Waals surface area contributed by atoms with E-state index in [2.05, 4.69) is 39.3 Å². The number of rotatable bonds is 5. The van der Waals surface area contributed by atoms with Crippen LogP contribution in [0.4, 0.5) is 4.79 Å². The van der Waals surface area contributed by atoms with Crippen LogP contribution in [0.2, 0.25) is 0 Å². The smallest absolute Gasteiger partial charge is 0.315 e. The molecule has 0 unspecified atom stereocenters. The summed E-state index contributed by atoms with van der Waals surface area (Å²) in [6.07, 6.45) is 1.83. The van der Waals surface area contributed by atoms with Crippen molar-refractivity contribution in [3.63, 3.8) is 0 Å². The topological polar surface area (TPSA) is 99.4 Å². The number of aromatic amines is 1. The number of likely N-dealkylation sites (tertiary alicyclic amines) is 1. The van der Waals surface area contributed by atoms with Crippen LogP contribution in [0.15, 0.2) is 4.79 Å². The third-order valence-corrected chi connectivity index (χ3v) is 4.77. The van der Waals surface area contributed by atoms with Crippen molar-refractivity contribution >= 4 is 6.03 Å². The van der Waals surface area contributed by atoms with Crippen molar-refractivity contribution in [3.8, 4) is 0 Å². The zero-order valence-electron chi connectivity index (χ0n) is 15.0. The molecule has 0 aromatic carbocycles. The van der Waals surface area contributed by atoms with E-state index in [-0.39, 0.29) is 18.1 Å². The molecular formula is C17H27N5O3. The van der Waals surface area contributed by atoms with Gasteiger partial charge >= 0.3 is 6.03 Å². The molecule has 0 spiro atoms. The Bertz CT molecular complexity index is 685. The second-order valence-corrected chi connectivity index (χ2v) is 7.54. The Morgan fingerprint density at radius 1 is 1.40 bits per heavy atom. The van der Waals surface area contributed by atoms with Gasteiger partial charge in [-0.2, -0.15) is 0 Å². The van der Waals surface area contributed by atoms with E-state index >= 15 is 0 Å². The SMILES string of the molecule is CC1(C)CCN(CCNC(=O)NCc2nc3c(c(=O)[nH]2)COCC3)C1. The van der Waals surface area contributed by atoms with Gasteiger partial charge in [-0.15, -0.1) is 0 Å². The summed E-state index contributed by atoms with van der Waals surface area (Å²) in [6.45, 7) is 9.23. The number of H-pyrrole nitrogens is 1. The summed E-state index contributed by atoms with van der Waals surface area (Å²) in [5.41, 5.74) is 1.55. The molecule has 0 aliphatic carbocycles. The standard InChI is InChI=1S/C17H27N5O3/c1-17(2)4-6-22(11-17)7-5-18-16(24)19-9-14-20-13-3-8-25-10-12(13)15(23)21-14/h3-11H2,1-2H3,(H2,18,19,24)(H,20,21,23). The van der Waals surface area contributed by atoms with Crippen molar-refractivity contribution < 1.29 is 9.53 Å². The van der Waals surface area contributed by atoms with Crippen LogP contribution in [0.5, 0.6) is 0 Å². The lowest BCUT2D eigenvalue weighted by Crippen LogP contribution is -2.40. The number of hydrogen-bond donors (Lipinski definition) is 3. The largest absolute Gasteiger partial charge is 0.376 e. The molecule has 0 bridgehead atoms. The lowest BCUT2D eigenvalue weighted by Gasteiger charge is -2.19. The lowest BCUT2D eigenvalue weighted by atomic mass is 9.93. The van der Waals surface area contributed by atoms with Crippen molar-refractivity contribution in [2.45, 2.75) is 39.8 Å². The summed E-state index contributed by atoms with van der Waals surface area (Å²) in [5, 5.41) is 5.59. The van der Waals surface area contributed by atoms with Crippen molar-refractivity contribution in [1.82, 2.24) is 25.5 Å². The minimum absolute atomic E-state index is 0.182. The predicted octanol–water partition coefficient (Wildman–Crippen LogP) is 0.374. The van der Waals surface area contributed by atoms with Crippen LogP contribution >= 0.6 is 0 Å². The number of nitrogens with zero attached hydrogens (tertiary/aromatic N) is 2. The fraction of sp³-hybridized carbons (Fsp3) is 0.706. The second-order valence-electron chi connectivity index (χ2n) is 7.54. The van der Waals surface area contributed by atoms with Crippen molar-refractivity contribution in [2.75, 3.05) is 32.8 Å². The third-order valence-electron chi connectivity index (χ3n) is 4.77. The van der Waals surface area contributed by atoms with E-state index in [4.69, 9.17) is 4.74 Å². The van der Waals surface area contributed by atoms with Crippen LogP contribution in [0.25, 0.3) is 0 Å². The Labute approximate surface area is 147 Å². The van der Waals surface area contributed by atoms with E-state index in [1.807, 2.05) is 0 Å². The molecule has 0 saturated carbocycles. The first-order chi connectivity index (χ1) is 11.9. The lowest BCUT2D eigenvalue weighted by molar-refractivity contribution is 0.108. The summed E-state index contributed by atoms with van der Waals surface area (Å²) < 4.78 is 5.27. The maximum atomic E-state index is 12.0. The van der Waals surface area contributed by atoms with Crippen LogP contribution in [0.3, 0.4) is 0 Å². The number of nitrogens with one attached hydrogen (secondary N) is 3. The van der Waals surface area contributed by atoms with Gasteiger partial charge in [0.25, 0.3) is 5.56 Å². The normalized spacial score (nSPS) is 19.4. The summed E-state index contributed by atoms with van der Waals surface area (Å²) >= 11 is 0. The van der Waals surface area contributed by atoms with Gasteiger partial charge in [-0.25, -0.2) is 9.78 Å². The van der Waals surface area contributed by atoms with Gasteiger partial charge in [0.05, 0.1) is 31.0 Å². The first-order valence-corrected chi connectivity index (χ1v) is 8.86. The van der Waals surface area contributed by atoms with Gasteiger partial charge < -0.3 is 25.3 Å². The number of carbonyl (C=O) groups is 1. The van der Waals surface area contributed by atoms with Crippen LogP contribution in [-0.2, 0) is 24.3 Å². The van der Waals surface area contributed by atoms with Crippen LogP contribution in [0.1, 0.15) is 37.4 Å². The molecule has 8 heteroatoms. The predicted molar refractivity (Wildman–Crippen MR) is 93.3 cm³/mol. The number of aromatic nitrogens is 2. The van der Waals surface area contributed by atoms with E-state index in [0.29, 0.717) is 43.0 Å². The van der Waals surface area contributed by atoms with Gasteiger partial charge in [-0.1, -0.05) is 13.8 Å². The fourth-order valence-corrected chi connectivity index (χ4v) is 3.35. The molecule has 2 aliphatic heterocycles. The summed E-state index contributed by atoms with van der Waals surface area (Å²) in [6, 6.07) is -0.248. The molecule has 3 heterocycles. The fourth-order valence-electron chi connectivity index (χ4n) is 3.35. The highest BCUT2D eigenvalue weighted by Crippen LogP contribution is 2.28. The van der Waals surface area contributed by atoms with Crippen LogP contribution in [0, 0.1) is 5.41 Å². The number of ether oxygens (including phenoxy) is 1. The Hall–Kier alpha value is -1.93. The summed E-state index contributed by atoms with van der Waals surface area (Å²) in [4.78, 5) is 33.4. The van der Waals surface area contributed by atoms with E-state index in [1.54, 1.807) is 0 Å². The Balaban J connectivity index is 1.42. The zero-order valence-corrected chi connectivity index (χ0v) is 15.0. The number of hydrogen-bond acceptors (Lipinski definition) is 5. The second kappa shape index (κ2) is 7.53. The number of amides is 2. The molecule has 1 aromatic heterocycles. The average Bonchev–Trinajstić information content (AvgIpc) is 2.92. The maximum absolute atomic E-state index is 12.0. The molecule has 3 rings (SSSR count). The molecule has 2 aliphatic rings. The molecule has 138 valence electrons. The molecule has 0 atom stereocenters. The van der Waals surface area contributed by atoms with Gasteiger partial charge in [0.1, 0.15) is 5.82 Å². The molecule has 1 fully saturated rings. The molecule has 2 amide bonds. The Kier molecular flexibility index (Phi) is 5.39. The van der Waals surface area contributed by atoms with Crippen LogP contribution in [-0.4, -0.2) is 53.7 Å². The first-order valence-electron chi connectivity index (χ1n) is 8.86. The zero-order chi connectivity index (χ0) is 17.9. The maximum Gasteiger partial charge on any atom is 0.315 e. The molecule has 0 radical (unpaired) electrons. The van der Waals surface area contributed by atoms with Gasteiger partial charge in [0.15, 0.2) is 0 Å². The number of fused-ring (bicyclic) bond motifs is 1. The molecule has 8 nitrogen and oxygen atoms in total. The van der Waals surface area contributed by atoms with E-state index in [1.165, 1.54) is 6.42 Å². The minimum atomic E-state index is -0.248. The highest BCUT2D eigenvalue weighted by Gasteiger charge is 2.28. The quantitative estimate of drug-likeness (QED) is 0.713. The van der Waals surface area contributed by atoms with Crippen molar-refractivity contribution in [2.24, 2.45) is 5.41 Å². The molecule has 1 saturated heterocycles. The van der Waals surface area contributed by atoms with Gasteiger partial charge in [0, 0.05) is 26.1 Å². The van der Waals surface area contributed by atoms with E-state index in [9.17, 15) is 9.59 Å². The van der Waals surface area contributed by atoms with Crippen molar-refractivity contribution in [3.05, 3.63) is 27.4 Å². The average molecular weight is 349 g/mol.